The van der Waals surface area contributed by atoms with E-state index in [1.165, 1.54) is 5.56 Å². The summed E-state index contributed by atoms with van der Waals surface area (Å²) >= 11 is 5.78. The average Bonchev–Trinajstić information content (AvgIpc) is 2.17. The number of nitriles is 1. The van der Waals surface area contributed by atoms with Gasteiger partial charge in [-0.2, -0.15) is 5.26 Å². The summed E-state index contributed by atoms with van der Waals surface area (Å²) in [5.41, 5.74) is 0.998. The lowest BCUT2D eigenvalue weighted by Gasteiger charge is -2.14. The number of benzene rings is 1. The van der Waals surface area contributed by atoms with E-state index in [0.29, 0.717) is 0 Å². The van der Waals surface area contributed by atoms with Gasteiger partial charge in [-0.15, -0.1) is 0 Å². The molecule has 74 valence electrons. The fourth-order valence-corrected chi connectivity index (χ4v) is 1.29. The summed E-state index contributed by atoms with van der Waals surface area (Å²) in [6.07, 6.45) is 1.81. The second-order valence-electron chi connectivity index (χ2n) is 4.12. The van der Waals surface area contributed by atoms with Crippen LogP contribution in [0.5, 0.6) is 0 Å². The summed E-state index contributed by atoms with van der Waals surface area (Å²) < 4.78 is 0. The third kappa shape index (κ3) is 3.40. The molecule has 0 N–H and O–H groups in total. The van der Waals surface area contributed by atoms with Crippen molar-refractivity contribution in [1.82, 2.24) is 0 Å². The first kappa shape index (κ1) is 11.1. The van der Waals surface area contributed by atoms with E-state index < -0.39 is 0 Å². The van der Waals surface area contributed by atoms with Crippen LogP contribution in [-0.2, 0) is 6.42 Å². The minimum Gasteiger partial charge on any atom is -0.198 e. The molecular formula is C12H14ClN. The number of hydrogen-bond acceptors (Lipinski definition) is 1. The summed E-state index contributed by atoms with van der Waals surface area (Å²) in [5.74, 6) is 0. The zero-order chi connectivity index (χ0) is 10.6. The van der Waals surface area contributed by atoms with Crippen LogP contribution in [0.4, 0.5) is 0 Å². The van der Waals surface area contributed by atoms with E-state index >= 15 is 0 Å². The van der Waals surface area contributed by atoms with Gasteiger partial charge in [-0.1, -0.05) is 23.7 Å². The maximum absolute atomic E-state index is 8.85. The third-order valence-electron chi connectivity index (χ3n) is 2.25. The first-order valence-electron chi connectivity index (χ1n) is 4.69. The highest BCUT2D eigenvalue weighted by atomic mass is 35.5. The van der Waals surface area contributed by atoms with E-state index in [2.05, 4.69) is 6.07 Å². The SMILES string of the molecule is CC(C)(C#N)CCc1ccc(Cl)cc1. The molecule has 0 heterocycles. The van der Waals surface area contributed by atoms with Crippen molar-refractivity contribution < 1.29 is 0 Å². The Kier molecular flexibility index (Phi) is 3.55. The van der Waals surface area contributed by atoms with Crippen molar-refractivity contribution in [3.05, 3.63) is 34.9 Å². The average molecular weight is 208 g/mol. The van der Waals surface area contributed by atoms with Gasteiger partial charge < -0.3 is 0 Å². The Hall–Kier alpha value is -1.00. The van der Waals surface area contributed by atoms with Gasteiger partial charge in [-0.05, 0) is 44.4 Å². The van der Waals surface area contributed by atoms with Gasteiger partial charge >= 0.3 is 0 Å². The van der Waals surface area contributed by atoms with Crippen LogP contribution >= 0.6 is 11.6 Å². The first-order chi connectivity index (χ1) is 6.53. The van der Waals surface area contributed by atoms with Gasteiger partial charge in [0.05, 0.1) is 11.5 Å². The van der Waals surface area contributed by atoms with E-state index in [9.17, 15) is 0 Å². The van der Waals surface area contributed by atoms with Crippen LogP contribution in [0.25, 0.3) is 0 Å². The number of hydrogen-bond donors (Lipinski definition) is 0. The largest absolute Gasteiger partial charge is 0.198 e. The summed E-state index contributed by atoms with van der Waals surface area (Å²) in [6.45, 7) is 3.92. The molecule has 2 heteroatoms. The van der Waals surface area contributed by atoms with Crippen molar-refractivity contribution in [3.63, 3.8) is 0 Å². The maximum atomic E-state index is 8.85. The Balaban J connectivity index is 2.55. The minimum atomic E-state index is -0.236. The summed E-state index contributed by atoms with van der Waals surface area (Å²) in [5, 5.41) is 9.60. The molecule has 0 unspecified atom stereocenters. The Labute approximate surface area is 90.3 Å². The van der Waals surface area contributed by atoms with E-state index in [4.69, 9.17) is 16.9 Å². The molecule has 0 aromatic heterocycles. The van der Waals surface area contributed by atoms with Crippen LogP contribution < -0.4 is 0 Å². The molecule has 0 spiro atoms. The summed E-state index contributed by atoms with van der Waals surface area (Å²) in [4.78, 5) is 0. The fourth-order valence-electron chi connectivity index (χ4n) is 1.16. The molecule has 0 aliphatic carbocycles. The van der Waals surface area contributed by atoms with Crippen molar-refractivity contribution in [2.24, 2.45) is 5.41 Å². The van der Waals surface area contributed by atoms with E-state index in [0.717, 1.165) is 17.9 Å². The lowest BCUT2D eigenvalue weighted by atomic mass is 9.88. The number of aryl methyl sites for hydroxylation is 1. The van der Waals surface area contributed by atoms with Gasteiger partial charge in [0.25, 0.3) is 0 Å². The van der Waals surface area contributed by atoms with Gasteiger partial charge in [0.15, 0.2) is 0 Å². The molecule has 0 bridgehead atoms. The molecule has 0 saturated heterocycles. The van der Waals surface area contributed by atoms with Crippen LogP contribution in [0.3, 0.4) is 0 Å². The zero-order valence-corrected chi connectivity index (χ0v) is 9.30. The highest BCUT2D eigenvalue weighted by Crippen LogP contribution is 2.22. The van der Waals surface area contributed by atoms with Crippen LogP contribution in [0.2, 0.25) is 5.02 Å². The van der Waals surface area contributed by atoms with Crippen molar-refractivity contribution in [1.29, 1.82) is 5.26 Å². The fraction of sp³-hybridized carbons (Fsp3) is 0.417. The maximum Gasteiger partial charge on any atom is 0.0684 e. The number of rotatable bonds is 3. The lowest BCUT2D eigenvalue weighted by Crippen LogP contribution is -2.08. The van der Waals surface area contributed by atoms with Crippen LogP contribution in [0.15, 0.2) is 24.3 Å². The second-order valence-corrected chi connectivity index (χ2v) is 4.56. The lowest BCUT2D eigenvalue weighted by molar-refractivity contribution is 0.452. The minimum absolute atomic E-state index is 0.236. The van der Waals surface area contributed by atoms with Crippen LogP contribution in [0, 0.1) is 16.7 Å². The normalized spacial score (nSPS) is 11.0. The van der Waals surface area contributed by atoms with Crippen molar-refractivity contribution in [2.45, 2.75) is 26.7 Å². The van der Waals surface area contributed by atoms with Gasteiger partial charge in [0.2, 0.25) is 0 Å². The van der Waals surface area contributed by atoms with E-state index in [1.807, 2.05) is 38.1 Å². The molecule has 0 fully saturated rings. The van der Waals surface area contributed by atoms with Gasteiger partial charge in [-0.3, -0.25) is 0 Å². The molecule has 0 aliphatic heterocycles. The first-order valence-corrected chi connectivity index (χ1v) is 5.07. The molecule has 0 amide bonds. The predicted molar refractivity (Wildman–Crippen MR) is 59.2 cm³/mol. The molecule has 0 saturated carbocycles. The topological polar surface area (TPSA) is 23.8 Å². The van der Waals surface area contributed by atoms with Crippen LogP contribution in [-0.4, -0.2) is 0 Å². The van der Waals surface area contributed by atoms with Crippen molar-refractivity contribution in [2.75, 3.05) is 0 Å². The Morgan fingerprint density at radius 3 is 2.36 bits per heavy atom. The molecule has 1 aromatic carbocycles. The van der Waals surface area contributed by atoms with E-state index in [-0.39, 0.29) is 5.41 Å². The van der Waals surface area contributed by atoms with Crippen molar-refractivity contribution in [3.8, 4) is 6.07 Å². The van der Waals surface area contributed by atoms with Gasteiger partial charge in [-0.25, -0.2) is 0 Å². The third-order valence-corrected chi connectivity index (χ3v) is 2.51. The highest BCUT2D eigenvalue weighted by molar-refractivity contribution is 6.30. The molecule has 0 atom stereocenters. The monoisotopic (exact) mass is 207 g/mol. The van der Waals surface area contributed by atoms with Crippen LogP contribution in [0.1, 0.15) is 25.8 Å². The van der Waals surface area contributed by atoms with Crippen molar-refractivity contribution >= 4 is 11.6 Å². The van der Waals surface area contributed by atoms with Gasteiger partial charge in [0.1, 0.15) is 0 Å². The Morgan fingerprint density at radius 2 is 1.86 bits per heavy atom. The molecule has 1 rings (SSSR count). The predicted octanol–water partition coefficient (Wildman–Crippen LogP) is 3.82. The standard InChI is InChI=1S/C12H14ClN/c1-12(2,9-14)8-7-10-3-5-11(13)6-4-10/h3-6H,7-8H2,1-2H3. The summed E-state index contributed by atoms with van der Waals surface area (Å²) in [7, 11) is 0. The smallest absolute Gasteiger partial charge is 0.0684 e. The van der Waals surface area contributed by atoms with Gasteiger partial charge in [0, 0.05) is 5.02 Å². The number of nitrogens with zero attached hydrogens (tertiary/aromatic N) is 1. The molecule has 0 aliphatic rings. The zero-order valence-electron chi connectivity index (χ0n) is 8.55. The second kappa shape index (κ2) is 4.48. The molecule has 1 nitrogen and oxygen atoms in total. The molecule has 1 aromatic rings. The number of halogens is 1. The Morgan fingerprint density at radius 1 is 1.29 bits per heavy atom. The molecule has 0 radical (unpaired) electrons. The summed E-state index contributed by atoms with van der Waals surface area (Å²) in [6, 6.07) is 10.1. The molecule has 14 heavy (non-hydrogen) atoms. The Bertz CT molecular complexity index is 332. The highest BCUT2D eigenvalue weighted by Gasteiger charge is 2.15. The quantitative estimate of drug-likeness (QED) is 0.739. The molecular weight excluding hydrogens is 194 g/mol. The van der Waals surface area contributed by atoms with E-state index in [1.54, 1.807) is 0 Å².